The molecule has 0 aliphatic carbocycles. The maximum absolute atomic E-state index is 11.6. The number of carboxylic acid groups (broad SMARTS) is 1. The van der Waals surface area contributed by atoms with E-state index < -0.39 is 22.0 Å². The highest BCUT2D eigenvalue weighted by Gasteiger charge is 2.19. The molecule has 0 bridgehead atoms. The van der Waals surface area contributed by atoms with Crippen LogP contribution in [0.2, 0.25) is 0 Å². The molecule has 5 heteroatoms. The molecule has 2 atom stereocenters. The van der Waals surface area contributed by atoms with Crippen LogP contribution in [0.25, 0.3) is 0 Å². The lowest BCUT2D eigenvalue weighted by molar-refractivity contribution is -0.136. The summed E-state index contributed by atoms with van der Waals surface area (Å²) in [5.41, 5.74) is 0. The summed E-state index contributed by atoms with van der Waals surface area (Å²) in [6.45, 7) is 3.54. The first-order valence-electron chi connectivity index (χ1n) is 4.72. The van der Waals surface area contributed by atoms with Crippen molar-refractivity contribution in [3.63, 3.8) is 0 Å². The molecule has 1 aromatic rings. The van der Waals surface area contributed by atoms with E-state index in [1.807, 2.05) is 12.1 Å². The lowest BCUT2D eigenvalue weighted by atomic mass is 10.4. The second-order valence-electron chi connectivity index (χ2n) is 3.23. The van der Waals surface area contributed by atoms with Crippen LogP contribution in [-0.2, 0) is 27.8 Å². The van der Waals surface area contributed by atoms with E-state index in [4.69, 9.17) is 5.11 Å². The van der Waals surface area contributed by atoms with E-state index in [0.717, 1.165) is 11.3 Å². The minimum Gasteiger partial charge on any atom is -0.480 e. The first kappa shape index (κ1) is 12.4. The first-order valence-corrected chi connectivity index (χ1v) is 6.92. The maximum Gasteiger partial charge on any atom is 0.318 e. The summed E-state index contributed by atoms with van der Waals surface area (Å²) in [5, 5.41) is 7.90. The van der Waals surface area contributed by atoms with Crippen molar-refractivity contribution in [3.05, 3.63) is 21.9 Å². The number of carbonyl (C=O) groups is 1. The molecule has 0 aliphatic heterocycles. The predicted molar refractivity (Wildman–Crippen MR) is 62.6 cm³/mol. The van der Waals surface area contributed by atoms with Crippen LogP contribution in [0.4, 0.5) is 0 Å². The van der Waals surface area contributed by atoms with Crippen molar-refractivity contribution in [3.8, 4) is 0 Å². The maximum atomic E-state index is 11.6. The lowest BCUT2D eigenvalue weighted by Gasteiger charge is -2.04. The van der Waals surface area contributed by atoms with Crippen LogP contribution in [0.1, 0.15) is 23.6 Å². The molecule has 0 spiro atoms. The van der Waals surface area contributed by atoms with Gasteiger partial charge in [-0.1, -0.05) is 6.92 Å². The van der Waals surface area contributed by atoms with Crippen LogP contribution in [0.15, 0.2) is 12.1 Å². The van der Waals surface area contributed by atoms with E-state index in [0.29, 0.717) is 5.75 Å². The van der Waals surface area contributed by atoms with Crippen LogP contribution in [0, 0.1) is 0 Å². The van der Waals surface area contributed by atoms with Gasteiger partial charge in [0.2, 0.25) is 0 Å². The molecule has 1 aromatic heterocycles. The van der Waals surface area contributed by atoms with Crippen molar-refractivity contribution in [2.24, 2.45) is 0 Å². The third kappa shape index (κ3) is 3.43. The Morgan fingerprint density at radius 1 is 1.53 bits per heavy atom. The topological polar surface area (TPSA) is 54.4 Å². The Hall–Kier alpha value is -0.680. The van der Waals surface area contributed by atoms with E-state index in [1.54, 1.807) is 11.3 Å². The van der Waals surface area contributed by atoms with Crippen molar-refractivity contribution in [2.45, 2.75) is 31.3 Å². The second-order valence-corrected chi connectivity index (χ2v) is 6.24. The summed E-state index contributed by atoms with van der Waals surface area (Å²) in [6, 6.07) is 3.93. The Bertz CT molecular complexity index is 370. The number of hydrogen-bond donors (Lipinski definition) is 1. The number of hydrogen-bond acceptors (Lipinski definition) is 3. The van der Waals surface area contributed by atoms with Gasteiger partial charge in [-0.3, -0.25) is 9.00 Å². The largest absolute Gasteiger partial charge is 0.480 e. The molecule has 0 fully saturated rings. The van der Waals surface area contributed by atoms with Crippen LogP contribution >= 0.6 is 11.3 Å². The van der Waals surface area contributed by atoms with Gasteiger partial charge in [0.15, 0.2) is 0 Å². The molecular formula is C10H14O3S2. The molecule has 0 amide bonds. The average Bonchev–Trinajstić information content (AvgIpc) is 2.64. The van der Waals surface area contributed by atoms with Gasteiger partial charge in [-0.05, 0) is 25.5 Å². The van der Waals surface area contributed by atoms with Crippen molar-refractivity contribution >= 4 is 28.1 Å². The molecule has 1 N–H and O–H groups in total. The highest BCUT2D eigenvalue weighted by molar-refractivity contribution is 7.85. The number of aliphatic carboxylic acids is 1. The van der Waals surface area contributed by atoms with Crippen molar-refractivity contribution in [2.75, 3.05) is 0 Å². The molecule has 84 valence electrons. The molecule has 1 heterocycles. The zero-order chi connectivity index (χ0) is 11.4. The van der Waals surface area contributed by atoms with Gasteiger partial charge in [-0.25, -0.2) is 0 Å². The summed E-state index contributed by atoms with van der Waals surface area (Å²) < 4.78 is 11.6. The van der Waals surface area contributed by atoms with Crippen LogP contribution in [0.3, 0.4) is 0 Å². The Labute approximate surface area is 95.6 Å². The highest BCUT2D eigenvalue weighted by atomic mass is 32.2. The fourth-order valence-electron chi connectivity index (χ4n) is 1.07. The van der Waals surface area contributed by atoms with Crippen molar-refractivity contribution in [1.82, 2.24) is 0 Å². The summed E-state index contributed by atoms with van der Waals surface area (Å²) in [4.78, 5) is 12.8. The Morgan fingerprint density at radius 2 is 2.13 bits per heavy atom. The molecule has 0 saturated carbocycles. The van der Waals surface area contributed by atoms with E-state index in [-0.39, 0.29) is 0 Å². The summed E-state index contributed by atoms with van der Waals surface area (Å²) in [6.07, 6.45) is 0.964. The zero-order valence-electron chi connectivity index (χ0n) is 8.73. The van der Waals surface area contributed by atoms with Crippen molar-refractivity contribution < 1.29 is 14.1 Å². The highest BCUT2D eigenvalue weighted by Crippen LogP contribution is 2.19. The molecule has 0 aliphatic rings. The minimum absolute atomic E-state index is 0.345. The van der Waals surface area contributed by atoms with Gasteiger partial charge >= 0.3 is 5.97 Å². The van der Waals surface area contributed by atoms with Crippen molar-refractivity contribution in [1.29, 1.82) is 0 Å². The van der Waals surface area contributed by atoms with E-state index in [2.05, 4.69) is 6.92 Å². The average molecular weight is 246 g/mol. The van der Waals surface area contributed by atoms with E-state index >= 15 is 0 Å². The van der Waals surface area contributed by atoms with Gasteiger partial charge in [-0.2, -0.15) is 0 Å². The molecule has 15 heavy (non-hydrogen) atoms. The predicted octanol–water partition coefficient (Wildman–Crippen LogP) is 2.03. The minimum atomic E-state index is -1.32. The fourth-order valence-corrected chi connectivity index (χ4v) is 3.26. The molecule has 3 nitrogen and oxygen atoms in total. The smallest absolute Gasteiger partial charge is 0.318 e. The molecule has 0 saturated heterocycles. The van der Waals surface area contributed by atoms with Gasteiger partial charge in [0.25, 0.3) is 0 Å². The second kappa shape index (κ2) is 5.42. The van der Waals surface area contributed by atoms with Gasteiger partial charge in [-0.15, -0.1) is 11.3 Å². The molecule has 2 unspecified atom stereocenters. The standard InChI is InChI=1S/C10H14O3S2/c1-3-8-4-5-9(14-8)6-15(13)7(2)10(11)12/h4-5,7H,3,6H2,1-2H3,(H,11,12). The summed E-state index contributed by atoms with van der Waals surface area (Å²) >= 11 is 1.60. The quantitative estimate of drug-likeness (QED) is 0.865. The van der Waals surface area contributed by atoms with Gasteiger partial charge in [0.1, 0.15) is 5.25 Å². The van der Waals surface area contributed by atoms with E-state index in [9.17, 15) is 9.00 Å². The molecule has 0 radical (unpaired) electrons. The number of thiophene rings is 1. The molecule has 1 rings (SSSR count). The molecular weight excluding hydrogens is 232 g/mol. The first-order chi connectivity index (χ1) is 7.04. The van der Waals surface area contributed by atoms with Crippen LogP contribution in [0.5, 0.6) is 0 Å². The third-order valence-electron chi connectivity index (χ3n) is 2.09. The number of carboxylic acids is 1. The zero-order valence-corrected chi connectivity index (χ0v) is 10.4. The fraction of sp³-hybridized carbons (Fsp3) is 0.500. The third-order valence-corrected chi connectivity index (χ3v) is 5.09. The summed E-state index contributed by atoms with van der Waals surface area (Å²) in [5.74, 6) is -0.654. The SMILES string of the molecule is CCc1ccc(CS(=O)C(C)C(=O)O)s1. The Morgan fingerprint density at radius 3 is 2.60 bits per heavy atom. The Balaban J connectivity index is 2.62. The van der Waals surface area contributed by atoms with Crippen LogP contribution in [-0.4, -0.2) is 20.5 Å². The number of rotatable bonds is 5. The van der Waals surface area contributed by atoms with Crippen LogP contribution < -0.4 is 0 Å². The Kier molecular flexibility index (Phi) is 4.47. The van der Waals surface area contributed by atoms with Gasteiger partial charge in [0.05, 0.1) is 5.75 Å². The lowest BCUT2D eigenvalue weighted by Crippen LogP contribution is -2.22. The number of aryl methyl sites for hydroxylation is 1. The van der Waals surface area contributed by atoms with Gasteiger partial charge < -0.3 is 5.11 Å². The monoisotopic (exact) mass is 246 g/mol. The normalized spacial score (nSPS) is 14.8. The van der Waals surface area contributed by atoms with Gasteiger partial charge in [0, 0.05) is 20.6 Å². The van der Waals surface area contributed by atoms with E-state index in [1.165, 1.54) is 11.8 Å². The summed E-state index contributed by atoms with van der Waals surface area (Å²) in [7, 11) is -1.32. The molecule has 0 aromatic carbocycles.